The van der Waals surface area contributed by atoms with Crippen molar-refractivity contribution in [2.45, 2.75) is 50.8 Å². The van der Waals surface area contributed by atoms with Crippen LogP contribution in [0.1, 0.15) is 26.3 Å². The smallest absolute Gasteiger partial charge is 0.382 e. The fourth-order valence-electron chi connectivity index (χ4n) is 4.31. The topological polar surface area (TPSA) is 104 Å². The molecule has 0 spiro atoms. The van der Waals surface area contributed by atoms with Gasteiger partial charge in [0.2, 0.25) is 5.95 Å². The van der Waals surface area contributed by atoms with Crippen molar-refractivity contribution in [2.24, 2.45) is 0 Å². The third-order valence-corrected chi connectivity index (χ3v) is 6.22. The summed E-state index contributed by atoms with van der Waals surface area (Å²) in [5.41, 5.74) is -3.13. The number of nitrogens with one attached hydrogen (secondary N) is 3. The van der Waals surface area contributed by atoms with Crippen LogP contribution < -0.4 is 21.5 Å². The molecule has 1 saturated heterocycles. The fraction of sp³-hybridized carbons (Fsp3) is 0.458. The number of aromatic nitrogens is 3. The van der Waals surface area contributed by atoms with E-state index in [1.54, 1.807) is 19.2 Å². The predicted octanol–water partition coefficient (Wildman–Crippen LogP) is 3.90. The first kappa shape index (κ1) is 28.5. The molecule has 212 valence electrons. The first-order valence-corrected chi connectivity index (χ1v) is 12.0. The number of aliphatic hydroxyl groups is 1. The van der Waals surface area contributed by atoms with Gasteiger partial charge < -0.3 is 21.1 Å². The molecule has 1 aliphatic rings. The van der Waals surface area contributed by atoms with Gasteiger partial charge in [-0.2, -0.15) is 18.2 Å². The standard InChI is InChI=1S/C24H25F7N6O2/c1-10(2)37-21-11(6-34-23(36-21)35-13-4-12(25)7-32-8-13)3-15(22(37)39)14-5-16(26)20(19(28)18(14)27)33-9-17(38)24(29,30)31/h3,5-6,10,12-13,17,32-33,38H,4,7-9H2,1-2H3,(H,34,35,36)/t12-,13-,17-/m0/s1. The molecule has 0 aliphatic carbocycles. The van der Waals surface area contributed by atoms with E-state index in [0.717, 1.165) is 6.07 Å². The van der Waals surface area contributed by atoms with Gasteiger partial charge in [0.15, 0.2) is 17.7 Å². The molecule has 0 bridgehead atoms. The van der Waals surface area contributed by atoms with Crippen LogP contribution in [-0.2, 0) is 0 Å². The Balaban J connectivity index is 1.74. The lowest BCUT2D eigenvalue weighted by atomic mass is 10.0. The summed E-state index contributed by atoms with van der Waals surface area (Å²) in [6, 6.07) is 0.775. The van der Waals surface area contributed by atoms with Crippen molar-refractivity contribution in [3.8, 4) is 11.1 Å². The van der Waals surface area contributed by atoms with Crippen LogP contribution in [0.4, 0.5) is 42.4 Å². The van der Waals surface area contributed by atoms with E-state index >= 15 is 4.39 Å². The van der Waals surface area contributed by atoms with E-state index in [9.17, 15) is 31.1 Å². The van der Waals surface area contributed by atoms with Gasteiger partial charge >= 0.3 is 6.18 Å². The van der Waals surface area contributed by atoms with Crippen molar-refractivity contribution in [1.82, 2.24) is 19.9 Å². The van der Waals surface area contributed by atoms with Gasteiger partial charge in [-0.25, -0.2) is 22.5 Å². The number of pyridine rings is 1. The van der Waals surface area contributed by atoms with E-state index in [4.69, 9.17) is 5.11 Å². The number of halogens is 7. The fourth-order valence-corrected chi connectivity index (χ4v) is 4.31. The van der Waals surface area contributed by atoms with Crippen LogP contribution in [0.5, 0.6) is 0 Å². The Morgan fingerprint density at radius 1 is 1.15 bits per heavy atom. The van der Waals surface area contributed by atoms with Crippen LogP contribution in [0.3, 0.4) is 0 Å². The largest absolute Gasteiger partial charge is 0.416 e. The van der Waals surface area contributed by atoms with Crippen LogP contribution in [-0.4, -0.2) is 63.8 Å². The van der Waals surface area contributed by atoms with Crippen LogP contribution in [0.25, 0.3) is 22.2 Å². The molecular formula is C24H25F7N6O2. The summed E-state index contributed by atoms with van der Waals surface area (Å²) in [4.78, 5) is 21.9. The average Bonchev–Trinajstić information content (AvgIpc) is 2.85. The summed E-state index contributed by atoms with van der Waals surface area (Å²) in [7, 11) is 0. The van der Waals surface area contributed by atoms with E-state index in [1.807, 2.05) is 0 Å². The molecule has 4 N–H and O–H groups in total. The molecule has 0 unspecified atom stereocenters. The highest BCUT2D eigenvalue weighted by molar-refractivity contribution is 5.82. The van der Waals surface area contributed by atoms with E-state index < -0.39 is 70.9 Å². The molecule has 3 heterocycles. The van der Waals surface area contributed by atoms with Gasteiger partial charge in [-0.3, -0.25) is 9.36 Å². The Labute approximate surface area is 217 Å². The van der Waals surface area contributed by atoms with E-state index in [1.165, 1.54) is 10.8 Å². The third-order valence-electron chi connectivity index (χ3n) is 6.22. The van der Waals surface area contributed by atoms with Crippen LogP contribution in [0.2, 0.25) is 0 Å². The Bertz CT molecular complexity index is 1430. The quantitative estimate of drug-likeness (QED) is 0.256. The zero-order valence-corrected chi connectivity index (χ0v) is 20.7. The van der Waals surface area contributed by atoms with Crippen LogP contribution in [0.15, 0.2) is 23.1 Å². The Kier molecular flexibility index (Phi) is 8.02. The van der Waals surface area contributed by atoms with Gasteiger partial charge in [-0.1, -0.05) is 0 Å². The molecule has 1 aliphatic heterocycles. The average molecular weight is 562 g/mol. The number of hydrogen-bond acceptors (Lipinski definition) is 7. The number of benzene rings is 1. The number of rotatable bonds is 7. The maximum atomic E-state index is 15.1. The van der Waals surface area contributed by atoms with E-state index in [-0.39, 0.29) is 36.0 Å². The predicted molar refractivity (Wildman–Crippen MR) is 130 cm³/mol. The number of aliphatic hydroxyl groups excluding tert-OH is 1. The number of anilines is 2. The van der Waals surface area contributed by atoms with Gasteiger partial charge in [0.05, 0.1) is 5.56 Å². The normalized spacial score (nSPS) is 18.9. The molecule has 8 nitrogen and oxygen atoms in total. The molecule has 3 aromatic rings. The molecule has 0 amide bonds. The highest BCUT2D eigenvalue weighted by Crippen LogP contribution is 2.32. The molecule has 3 atom stereocenters. The van der Waals surface area contributed by atoms with Gasteiger partial charge in [-0.15, -0.1) is 0 Å². The Morgan fingerprint density at radius 3 is 2.51 bits per heavy atom. The zero-order valence-electron chi connectivity index (χ0n) is 20.7. The summed E-state index contributed by atoms with van der Waals surface area (Å²) in [5.74, 6) is -4.91. The highest BCUT2D eigenvalue weighted by atomic mass is 19.4. The molecule has 0 saturated carbocycles. The lowest BCUT2D eigenvalue weighted by Crippen LogP contribution is -2.44. The summed E-state index contributed by atoms with van der Waals surface area (Å²) >= 11 is 0. The van der Waals surface area contributed by atoms with E-state index in [2.05, 4.69) is 20.6 Å². The summed E-state index contributed by atoms with van der Waals surface area (Å²) in [6.45, 7) is 2.64. The Hall–Kier alpha value is -3.46. The van der Waals surface area contributed by atoms with Crippen LogP contribution >= 0.6 is 0 Å². The van der Waals surface area contributed by atoms with Crippen molar-refractivity contribution < 1.29 is 35.8 Å². The van der Waals surface area contributed by atoms with Crippen molar-refractivity contribution >= 4 is 22.7 Å². The lowest BCUT2D eigenvalue weighted by Gasteiger charge is -2.26. The van der Waals surface area contributed by atoms with Crippen molar-refractivity contribution in [3.05, 3.63) is 46.1 Å². The maximum absolute atomic E-state index is 15.1. The minimum atomic E-state index is -5.06. The summed E-state index contributed by atoms with van der Waals surface area (Å²) < 4.78 is 97.0. The monoisotopic (exact) mass is 562 g/mol. The SMILES string of the molecule is CC(C)n1c(=O)c(-c2cc(F)c(NC[C@H](O)C(F)(F)F)c(F)c2F)cc2cnc(N[C@@H]3CNC[C@@H](F)C3)nc21. The molecule has 0 radical (unpaired) electrons. The molecule has 2 aromatic heterocycles. The third kappa shape index (κ3) is 5.93. The Morgan fingerprint density at radius 2 is 1.87 bits per heavy atom. The minimum absolute atomic E-state index is 0.115. The number of nitrogens with zero attached hydrogens (tertiary/aromatic N) is 3. The number of hydrogen-bond donors (Lipinski definition) is 4. The number of fused-ring (bicyclic) bond motifs is 1. The first-order chi connectivity index (χ1) is 18.3. The van der Waals surface area contributed by atoms with Crippen molar-refractivity contribution in [3.63, 3.8) is 0 Å². The van der Waals surface area contributed by atoms with Gasteiger partial charge in [0.25, 0.3) is 5.56 Å². The number of piperidine rings is 1. The van der Waals surface area contributed by atoms with E-state index in [0.29, 0.717) is 12.6 Å². The van der Waals surface area contributed by atoms with Crippen molar-refractivity contribution in [2.75, 3.05) is 30.3 Å². The second-order valence-electron chi connectivity index (χ2n) is 9.48. The highest BCUT2D eigenvalue weighted by Gasteiger charge is 2.38. The molecule has 1 fully saturated rings. The summed E-state index contributed by atoms with van der Waals surface area (Å²) in [5, 5.41) is 17.0. The summed E-state index contributed by atoms with van der Waals surface area (Å²) in [6.07, 6.45) is -7.54. The molecule has 4 rings (SSSR count). The minimum Gasteiger partial charge on any atom is -0.382 e. The van der Waals surface area contributed by atoms with Gasteiger partial charge in [0.1, 0.15) is 23.3 Å². The first-order valence-electron chi connectivity index (χ1n) is 12.0. The second kappa shape index (κ2) is 11.0. The maximum Gasteiger partial charge on any atom is 0.416 e. The zero-order chi connectivity index (χ0) is 28.6. The van der Waals surface area contributed by atoms with Crippen molar-refractivity contribution in [1.29, 1.82) is 0 Å². The second-order valence-corrected chi connectivity index (χ2v) is 9.48. The molecule has 15 heteroatoms. The van der Waals surface area contributed by atoms with Gasteiger partial charge in [-0.05, 0) is 26.0 Å². The van der Waals surface area contributed by atoms with Gasteiger partial charge in [0, 0.05) is 55.3 Å². The molecular weight excluding hydrogens is 537 g/mol. The molecule has 39 heavy (non-hydrogen) atoms. The van der Waals surface area contributed by atoms with Crippen LogP contribution in [0, 0.1) is 17.5 Å². The molecule has 1 aromatic carbocycles. The lowest BCUT2D eigenvalue weighted by molar-refractivity contribution is -0.198. The number of alkyl halides is 4.